The number of thiazole rings is 1. The van der Waals surface area contributed by atoms with E-state index in [0.29, 0.717) is 4.96 Å². The lowest BCUT2D eigenvalue weighted by atomic mass is 10.2. The molecule has 0 fully saturated rings. The summed E-state index contributed by atoms with van der Waals surface area (Å²) in [4.78, 5) is 0.578. The fraction of sp³-hybridized carbons (Fsp3) is 0.0909. The predicted octanol–water partition coefficient (Wildman–Crippen LogP) is 1.86. The molecule has 0 spiro atoms. The van der Waals surface area contributed by atoms with E-state index in [4.69, 9.17) is 0 Å². The van der Waals surface area contributed by atoms with Crippen LogP contribution in [-0.2, 0) is 9.84 Å². The largest absolute Gasteiger partial charge is 0.256 e. The number of nitrogens with zero attached hydrogens (tertiary/aromatic N) is 3. The molecule has 0 aliphatic heterocycles. The summed E-state index contributed by atoms with van der Waals surface area (Å²) in [6.45, 7) is 0. The van der Waals surface area contributed by atoms with Crippen molar-refractivity contribution in [1.82, 2.24) is 14.6 Å². The zero-order valence-corrected chi connectivity index (χ0v) is 11.1. The molecular weight excluding hydrogens is 270 g/mol. The molecule has 0 saturated heterocycles. The predicted molar refractivity (Wildman–Crippen MR) is 69.4 cm³/mol. The van der Waals surface area contributed by atoms with Gasteiger partial charge in [0.05, 0.1) is 5.69 Å². The van der Waals surface area contributed by atoms with Crippen LogP contribution < -0.4 is 0 Å². The zero-order valence-electron chi connectivity index (χ0n) is 9.44. The first-order valence-electron chi connectivity index (χ1n) is 5.15. The Bertz CT molecular complexity index is 803. The van der Waals surface area contributed by atoms with Gasteiger partial charge in [0.2, 0.25) is 14.8 Å². The summed E-state index contributed by atoms with van der Waals surface area (Å²) in [5, 5.41) is 9.50. The smallest absolute Gasteiger partial charge is 0.254 e. The molecule has 0 aliphatic rings. The highest BCUT2D eigenvalue weighted by Crippen LogP contribution is 2.27. The van der Waals surface area contributed by atoms with Crippen LogP contribution in [0.2, 0.25) is 0 Å². The molecule has 0 amide bonds. The minimum Gasteiger partial charge on any atom is -0.256 e. The number of hydrogen-bond donors (Lipinski definition) is 0. The van der Waals surface area contributed by atoms with Gasteiger partial charge in [-0.1, -0.05) is 30.3 Å². The highest BCUT2D eigenvalue weighted by Gasteiger charge is 2.20. The number of aromatic nitrogens is 3. The van der Waals surface area contributed by atoms with Crippen molar-refractivity contribution in [3.8, 4) is 11.3 Å². The van der Waals surface area contributed by atoms with E-state index in [0.717, 1.165) is 17.5 Å². The van der Waals surface area contributed by atoms with E-state index in [9.17, 15) is 8.42 Å². The average Bonchev–Trinajstić information content (AvgIpc) is 2.88. The van der Waals surface area contributed by atoms with Gasteiger partial charge in [-0.15, -0.1) is 21.5 Å². The Kier molecular flexibility index (Phi) is 2.46. The normalized spacial score (nSPS) is 12.1. The third kappa shape index (κ3) is 1.72. The summed E-state index contributed by atoms with van der Waals surface area (Å²) in [7, 11) is -3.39. The van der Waals surface area contributed by atoms with Crippen LogP contribution in [0.3, 0.4) is 0 Å². The quantitative estimate of drug-likeness (QED) is 0.718. The molecule has 92 valence electrons. The monoisotopic (exact) mass is 279 g/mol. The summed E-state index contributed by atoms with van der Waals surface area (Å²) in [6, 6.07) is 9.57. The van der Waals surface area contributed by atoms with Crippen LogP contribution in [0, 0.1) is 0 Å². The SMILES string of the molecule is CS(=O)(=O)c1nnc2scc(-c3ccccc3)n12. The molecule has 2 aromatic heterocycles. The second-order valence-corrected chi connectivity index (χ2v) is 6.61. The third-order valence-electron chi connectivity index (χ3n) is 2.52. The van der Waals surface area contributed by atoms with Gasteiger partial charge < -0.3 is 0 Å². The van der Waals surface area contributed by atoms with Crippen molar-refractivity contribution in [2.45, 2.75) is 5.16 Å². The molecule has 0 bridgehead atoms. The zero-order chi connectivity index (χ0) is 12.8. The van der Waals surface area contributed by atoms with Crippen LogP contribution in [0.15, 0.2) is 40.9 Å². The van der Waals surface area contributed by atoms with Crippen LogP contribution in [0.1, 0.15) is 0 Å². The Labute approximate surface area is 108 Å². The van der Waals surface area contributed by atoms with Crippen molar-refractivity contribution in [2.75, 3.05) is 6.26 Å². The number of fused-ring (bicyclic) bond motifs is 1. The van der Waals surface area contributed by atoms with Crippen molar-refractivity contribution in [2.24, 2.45) is 0 Å². The summed E-state index contributed by atoms with van der Waals surface area (Å²) < 4.78 is 24.9. The van der Waals surface area contributed by atoms with Crippen LogP contribution in [0.5, 0.6) is 0 Å². The van der Waals surface area contributed by atoms with E-state index < -0.39 is 9.84 Å². The molecule has 0 atom stereocenters. The van der Waals surface area contributed by atoms with Crippen LogP contribution in [-0.4, -0.2) is 29.3 Å². The van der Waals surface area contributed by atoms with Crippen molar-refractivity contribution < 1.29 is 8.42 Å². The van der Waals surface area contributed by atoms with Gasteiger partial charge in [0, 0.05) is 11.6 Å². The number of benzene rings is 1. The second kappa shape index (κ2) is 3.89. The van der Waals surface area contributed by atoms with E-state index in [2.05, 4.69) is 10.2 Å². The summed E-state index contributed by atoms with van der Waals surface area (Å²) >= 11 is 1.37. The Morgan fingerprint density at radius 3 is 2.56 bits per heavy atom. The lowest BCUT2D eigenvalue weighted by Crippen LogP contribution is -2.04. The first-order chi connectivity index (χ1) is 8.57. The molecule has 0 aliphatic carbocycles. The molecule has 0 radical (unpaired) electrons. The van der Waals surface area contributed by atoms with Crippen molar-refractivity contribution in [3.63, 3.8) is 0 Å². The minimum absolute atomic E-state index is 0.0161. The van der Waals surface area contributed by atoms with Crippen LogP contribution in [0.25, 0.3) is 16.2 Å². The maximum absolute atomic E-state index is 11.7. The van der Waals surface area contributed by atoms with Gasteiger partial charge in [-0.05, 0) is 5.56 Å². The number of sulfone groups is 1. The van der Waals surface area contributed by atoms with Crippen molar-refractivity contribution in [3.05, 3.63) is 35.7 Å². The topological polar surface area (TPSA) is 64.3 Å². The maximum atomic E-state index is 11.7. The molecule has 3 rings (SSSR count). The lowest BCUT2D eigenvalue weighted by Gasteiger charge is -2.01. The maximum Gasteiger partial charge on any atom is 0.254 e. The van der Waals surface area contributed by atoms with Crippen LogP contribution >= 0.6 is 11.3 Å². The highest BCUT2D eigenvalue weighted by molar-refractivity contribution is 7.90. The molecule has 1 aromatic carbocycles. The van der Waals surface area contributed by atoms with Gasteiger partial charge in [0.25, 0.3) is 5.16 Å². The Morgan fingerprint density at radius 1 is 1.17 bits per heavy atom. The second-order valence-electron chi connectivity index (χ2n) is 3.86. The van der Waals surface area contributed by atoms with Gasteiger partial charge >= 0.3 is 0 Å². The van der Waals surface area contributed by atoms with Crippen molar-refractivity contribution in [1.29, 1.82) is 0 Å². The first-order valence-corrected chi connectivity index (χ1v) is 7.92. The van der Waals surface area contributed by atoms with Crippen molar-refractivity contribution >= 4 is 26.1 Å². The number of hydrogen-bond acceptors (Lipinski definition) is 5. The molecule has 0 unspecified atom stereocenters. The van der Waals surface area contributed by atoms with Crippen LogP contribution in [0.4, 0.5) is 0 Å². The minimum atomic E-state index is -3.39. The van der Waals surface area contributed by atoms with E-state index in [1.165, 1.54) is 11.3 Å². The molecule has 7 heteroatoms. The third-order valence-corrected chi connectivity index (χ3v) is 4.27. The molecule has 0 saturated carbocycles. The molecular formula is C11H9N3O2S2. The molecule has 5 nitrogen and oxygen atoms in total. The highest BCUT2D eigenvalue weighted by atomic mass is 32.2. The summed E-state index contributed by atoms with van der Waals surface area (Å²) in [5.74, 6) is 0. The summed E-state index contributed by atoms with van der Waals surface area (Å²) in [5.41, 5.74) is 1.73. The van der Waals surface area contributed by atoms with Gasteiger partial charge in [0.15, 0.2) is 0 Å². The fourth-order valence-corrected chi connectivity index (χ4v) is 3.35. The molecule has 3 aromatic rings. The van der Waals surface area contributed by atoms with Gasteiger partial charge in [0.1, 0.15) is 0 Å². The fourth-order valence-electron chi connectivity index (χ4n) is 1.75. The van der Waals surface area contributed by atoms with Gasteiger partial charge in [-0.2, -0.15) is 0 Å². The van der Waals surface area contributed by atoms with E-state index in [1.807, 2.05) is 35.7 Å². The van der Waals surface area contributed by atoms with E-state index in [1.54, 1.807) is 4.40 Å². The number of rotatable bonds is 2. The van der Waals surface area contributed by atoms with E-state index >= 15 is 0 Å². The average molecular weight is 279 g/mol. The van der Waals surface area contributed by atoms with E-state index in [-0.39, 0.29) is 5.16 Å². The molecule has 18 heavy (non-hydrogen) atoms. The standard InChI is InChI=1S/C11H9N3O2S2/c1-18(15,16)11-13-12-10-14(11)9(7-17-10)8-5-3-2-4-6-8/h2-7H,1H3. The Balaban J connectivity index is 2.35. The Hall–Kier alpha value is -1.73. The van der Waals surface area contributed by atoms with Gasteiger partial charge in [-0.25, -0.2) is 8.42 Å². The molecule has 2 heterocycles. The van der Waals surface area contributed by atoms with Gasteiger partial charge in [-0.3, -0.25) is 4.40 Å². The first kappa shape index (κ1) is 11.4. The lowest BCUT2D eigenvalue weighted by molar-refractivity contribution is 0.591. The molecule has 0 N–H and O–H groups in total. The summed E-state index contributed by atoms with van der Waals surface area (Å²) in [6.07, 6.45) is 1.13. The Morgan fingerprint density at radius 2 is 1.89 bits per heavy atom.